The Morgan fingerprint density at radius 2 is 1.35 bits per heavy atom. The van der Waals surface area contributed by atoms with Gasteiger partial charge in [0.2, 0.25) is 0 Å². The molecule has 0 unspecified atom stereocenters. The van der Waals surface area contributed by atoms with Crippen molar-refractivity contribution in [1.29, 1.82) is 0 Å². The Morgan fingerprint density at radius 3 is 1.85 bits per heavy atom. The van der Waals surface area contributed by atoms with Crippen molar-refractivity contribution in [3.05, 3.63) is 54.1 Å². The summed E-state index contributed by atoms with van der Waals surface area (Å²) in [5, 5.41) is 0. The highest BCUT2D eigenvalue weighted by Crippen LogP contribution is 2.24. The van der Waals surface area contributed by atoms with Crippen LogP contribution < -0.4 is 4.90 Å². The molecule has 0 saturated carbocycles. The molecule has 0 atom stereocenters. The van der Waals surface area contributed by atoms with E-state index in [4.69, 9.17) is 4.74 Å². The first-order valence-electron chi connectivity index (χ1n) is 9.22. The number of nitrogens with zero attached hydrogens (tertiary/aromatic N) is 2. The molecule has 138 valence electrons. The molecule has 1 aliphatic heterocycles. The molecule has 1 fully saturated rings. The second-order valence-corrected chi connectivity index (χ2v) is 7.87. The van der Waals surface area contributed by atoms with E-state index in [1.807, 2.05) is 20.8 Å². The molecule has 0 bridgehead atoms. The lowest BCUT2D eigenvalue weighted by atomic mass is 10.0. The number of piperazine rings is 1. The predicted octanol–water partition coefficient (Wildman–Crippen LogP) is 4.72. The van der Waals surface area contributed by atoms with Crippen LogP contribution in [0.5, 0.6) is 0 Å². The minimum Gasteiger partial charge on any atom is -0.444 e. The normalized spacial score (nSPS) is 15.1. The highest BCUT2D eigenvalue weighted by atomic mass is 16.6. The SMILES string of the molecule is Cc1ccc(-c2ccc(N3CCN(C(=O)OC(C)(C)C)CC3)cc2)cc1. The van der Waals surface area contributed by atoms with E-state index in [-0.39, 0.29) is 6.09 Å². The van der Waals surface area contributed by atoms with Gasteiger partial charge in [-0.15, -0.1) is 0 Å². The highest BCUT2D eigenvalue weighted by molar-refractivity contribution is 5.69. The van der Waals surface area contributed by atoms with Crippen LogP contribution in [0.1, 0.15) is 26.3 Å². The Kier molecular flexibility index (Phi) is 5.21. The quantitative estimate of drug-likeness (QED) is 0.784. The first-order valence-corrected chi connectivity index (χ1v) is 9.22. The van der Waals surface area contributed by atoms with Crippen molar-refractivity contribution in [2.75, 3.05) is 31.1 Å². The zero-order valence-corrected chi connectivity index (χ0v) is 16.2. The van der Waals surface area contributed by atoms with Crippen molar-refractivity contribution in [2.24, 2.45) is 0 Å². The van der Waals surface area contributed by atoms with Gasteiger partial charge in [-0.1, -0.05) is 42.0 Å². The molecule has 3 rings (SSSR count). The van der Waals surface area contributed by atoms with Crippen LogP contribution in [0.25, 0.3) is 11.1 Å². The maximum atomic E-state index is 12.2. The molecule has 1 amide bonds. The van der Waals surface area contributed by atoms with Crippen molar-refractivity contribution in [3.63, 3.8) is 0 Å². The van der Waals surface area contributed by atoms with E-state index in [9.17, 15) is 4.79 Å². The van der Waals surface area contributed by atoms with Crippen LogP contribution in [-0.4, -0.2) is 42.8 Å². The average Bonchev–Trinajstić information content (AvgIpc) is 2.61. The molecule has 0 spiro atoms. The van der Waals surface area contributed by atoms with Gasteiger partial charge in [-0.2, -0.15) is 0 Å². The number of aryl methyl sites for hydroxylation is 1. The molecular weight excluding hydrogens is 324 g/mol. The minimum absolute atomic E-state index is 0.216. The van der Waals surface area contributed by atoms with Crippen LogP contribution in [0.2, 0.25) is 0 Å². The zero-order valence-electron chi connectivity index (χ0n) is 16.2. The maximum Gasteiger partial charge on any atom is 0.410 e. The molecule has 1 saturated heterocycles. The van der Waals surface area contributed by atoms with E-state index in [1.165, 1.54) is 22.4 Å². The van der Waals surface area contributed by atoms with Gasteiger partial charge in [0, 0.05) is 31.9 Å². The molecule has 0 radical (unpaired) electrons. The van der Waals surface area contributed by atoms with Crippen LogP contribution in [-0.2, 0) is 4.74 Å². The number of hydrogen-bond donors (Lipinski definition) is 0. The number of carbonyl (C=O) groups excluding carboxylic acids is 1. The molecule has 2 aromatic carbocycles. The molecular formula is C22H28N2O2. The number of ether oxygens (including phenoxy) is 1. The lowest BCUT2D eigenvalue weighted by Crippen LogP contribution is -2.50. The number of rotatable bonds is 2. The maximum absolute atomic E-state index is 12.2. The van der Waals surface area contributed by atoms with Crippen molar-refractivity contribution in [2.45, 2.75) is 33.3 Å². The third-order valence-corrected chi connectivity index (χ3v) is 4.55. The van der Waals surface area contributed by atoms with Crippen LogP contribution in [0.4, 0.5) is 10.5 Å². The number of hydrogen-bond acceptors (Lipinski definition) is 3. The topological polar surface area (TPSA) is 32.8 Å². The average molecular weight is 352 g/mol. The Hall–Kier alpha value is -2.49. The van der Waals surface area contributed by atoms with E-state index in [2.05, 4.69) is 60.4 Å². The summed E-state index contributed by atoms with van der Waals surface area (Å²) in [7, 11) is 0. The van der Waals surface area contributed by atoms with Gasteiger partial charge >= 0.3 is 6.09 Å². The van der Waals surface area contributed by atoms with Crippen molar-refractivity contribution < 1.29 is 9.53 Å². The van der Waals surface area contributed by atoms with Gasteiger partial charge in [0.1, 0.15) is 5.60 Å². The summed E-state index contributed by atoms with van der Waals surface area (Å²) in [5.74, 6) is 0. The fraction of sp³-hybridized carbons (Fsp3) is 0.409. The first-order chi connectivity index (χ1) is 12.3. The smallest absolute Gasteiger partial charge is 0.410 e. The van der Waals surface area contributed by atoms with E-state index >= 15 is 0 Å². The van der Waals surface area contributed by atoms with Gasteiger partial charge < -0.3 is 14.5 Å². The second kappa shape index (κ2) is 7.40. The van der Waals surface area contributed by atoms with E-state index < -0.39 is 5.60 Å². The van der Waals surface area contributed by atoms with Gasteiger partial charge in [-0.25, -0.2) is 4.79 Å². The zero-order chi connectivity index (χ0) is 18.7. The standard InChI is InChI=1S/C22H28N2O2/c1-17-5-7-18(8-6-17)19-9-11-20(12-10-19)23-13-15-24(16-14-23)21(25)26-22(2,3)4/h5-12H,13-16H2,1-4H3. The lowest BCUT2D eigenvalue weighted by molar-refractivity contribution is 0.0240. The second-order valence-electron chi connectivity index (χ2n) is 7.87. The van der Waals surface area contributed by atoms with Crippen molar-refractivity contribution >= 4 is 11.8 Å². The van der Waals surface area contributed by atoms with Crippen LogP contribution in [0.15, 0.2) is 48.5 Å². The molecule has 4 heteroatoms. The van der Waals surface area contributed by atoms with Crippen molar-refractivity contribution in [3.8, 4) is 11.1 Å². The monoisotopic (exact) mass is 352 g/mol. The molecule has 1 aliphatic rings. The molecule has 4 nitrogen and oxygen atoms in total. The summed E-state index contributed by atoms with van der Waals surface area (Å²) in [6.45, 7) is 10.8. The lowest BCUT2D eigenvalue weighted by Gasteiger charge is -2.36. The van der Waals surface area contributed by atoms with Crippen LogP contribution in [0, 0.1) is 6.92 Å². The minimum atomic E-state index is -0.444. The Bertz CT molecular complexity index is 737. The number of anilines is 1. The molecule has 0 N–H and O–H groups in total. The summed E-state index contributed by atoms with van der Waals surface area (Å²) in [6.07, 6.45) is -0.216. The van der Waals surface area contributed by atoms with Crippen molar-refractivity contribution in [1.82, 2.24) is 4.90 Å². The fourth-order valence-electron chi connectivity index (χ4n) is 3.08. The van der Waals surface area contributed by atoms with E-state index in [0.29, 0.717) is 13.1 Å². The van der Waals surface area contributed by atoms with Gasteiger partial charge in [-0.05, 0) is 51.0 Å². The third kappa shape index (κ3) is 4.57. The number of amides is 1. The van der Waals surface area contributed by atoms with E-state index in [1.54, 1.807) is 4.90 Å². The summed E-state index contributed by atoms with van der Waals surface area (Å²) in [4.78, 5) is 16.3. The molecule has 1 heterocycles. The molecule has 0 aromatic heterocycles. The summed E-state index contributed by atoms with van der Waals surface area (Å²) < 4.78 is 5.46. The molecule has 26 heavy (non-hydrogen) atoms. The van der Waals surface area contributed by atoms with Gasteiger partial charge in [0.25, 0.3) is 0 Å². The number of carbonyl (C=O) groups is 1. The first kappa shape index (κ1) is 18.3. The Labute approximate surface area is 156 Å². The number of benzene rings is 2. The summed E-state index contributed by atoms with van der Waals surface area (Å²) in [6, 6.07) is 17.3. The van der Waals surface area contributed by atoms with Gasteiger partial charge in [0.05, 0.1) is 0 Å². The molecule has 0 aliphatic carbocycles. The predicted molar refractivity (Wildman–Crippen MR) is 107 cm³/mol. The van der Waals surface area contributed by atoms with Crippen LogP contribution in [0.3, 0.4) is 0 Å². The summed E-state index contributed by atoms with van der Waals surface area (Å²) >= 11 is 0. The third-order valence-electron chi connectivity index (χ3n) is 4.55. The summed E-state index contributed by atoms with van der Waals surface area (Å²) in [5.41, 5.74) is 4.48. The highest BCUT2D eigenvalue weighted by Gasteiger charge is 2.25. The Morgan fingerprint density at radius 1 is 0.846 bits per heavy atom. The largest absolute Gasteiger partial charge is 0.444 e. The van der Waals surface area contributed by atoms with Crippen LogP contribution >= 0.6 is 0 Å². The van der Waals surface area contributed by atoms with Gasteiger partial charge in [-0.3, -0.25) is 0 Å². The molecule has 2 aromatic rings. The fourth-order valence-corrected chi connectivity index (χ4v) is 3.08. The van der Waals surface area contributed by atoms with E-state index in [0.717, 1.165) is 13.1 Å². The van der Waals surface area contributed by atoms with Gasteiger partial charge in [0.15, 0.2) is 0 Å². The Balaban J connectivity index is 1.59.